The summed E-state index contributed by atoms with van der Waals surface area (Å²) in [6.45, 7) is 9.63. The topological polar surface area (TPSA) is 41.1 Å². The van der Waals surface area contributed by atoms with E-state index in [-0.39, 0.29) is 0 Å². The van der Waals surface area contributed by atoms with Crippen molar-refractivity contribution in [1.29, 1.82) is 0 Å². The largest absolute Gasteiger partial charge is 0.370 e. The van der Waals surface area contributed by atoms with Gasteiger partial charge in [0.15, 0.2) is 0 Å². The van der Waals surface area contributed by atoms with Gasteiger partial charge in [0, 0.05) is 25.2 Å². The Kier molecular flexibility index (Phi) is 5.62. The Morgan fingerprint density at radius 1 is 1.25 bits per heavy atom. The normalized spacial score (nSPS) is 14.9. The van der Waals surface area contributed by atoms with Crippen molar-refractivity contribution in [3.05, 3.63) is 11.9 Å². The zero-order chi connectivity index (χ0) is 14.4. The number of rotatable bonds is 8. The number of anilines is 2. The molecule has 0 unspecified atom stereocenters. The number of hydrogen-bond acceptors (Lipinski definition) is 4. The number of nitrogens with zero attached hydrogens (tertiary/aromatic N) is 3. The SMILES string of the molecule is CCCc1c(NCC)ncnc1N(CC)CC1CCC1. The van der Waals surface area contributed by atoms with E-state index in [4.69, 9.17) is 0 Å². The summed E-state index contributed by atoms with van der Waals surface area (Å²) < 4.78 is 0. The lowest BCUT2D eigenvalue weighted by Crippen LogP contribution is -2.34. The van der Waals surface area contributed by atoms with Crippen molar-refractivity contribution in [3.8, 4) is 0 Å². The second-order valence-electron chi connectivity index (χ2n) is 5.64. The lowest BCUT2D eigenvalue weighted by atomic mass is 9.85. The molecule has 112 valence electrons. The molecule has 1 saturated carbocycles. The Bertz CT molecular complexity index is 415. The third-order valence-corrected chi connectivity index (χ3v) is 4.15. The Morgan fingerprint density at radius 2 is 2.05 bits per heavy atom. The van der Waals surface area contributed by atoms with E-state index in [0.717, 1.165) is 50.0 Å². The number of nitrogens with one attached hydrogen (secondary N) is 1. The van der Waals surface area contributed by atoms with Gasteiger partial charge in [-0.15, -0.1) is 0 Å². The summed E-state index contributed by atoms with van der Waals surface area (Å²) in [6.07, 6.45) is 8.03. The third kappa shape index (κ3) is 3.41. The first-order chi connectivity index (χ1) is 9.80. The van der Waals surface area contributed by atoms with E-state index in [1.165, 1.54) is 24.8 Å². The van der Waals surface area contributed by atoms with E-state index < -0.39 is 0 Å². The fraction of sp³-hybridized carbons (Fsp3) is 0.750. The molecule has 4 heteroatoms. The molecule has 1 aromatic rings. The molecule has 0 amide bonds. The zero-order valence-corrected chi connectivity index (χ0v) is 13.2. The predicted octanol–water partition coefficient (Wildman–Crippen LogP) is 3.49. The van der Waals surface area contributed by atoms with Crippen LogP contribution >= 0.6 is 0 Å². The third-order valence-electron chi connectivity index (χ3n) is 4.15. The van der Waals surface area contributed by atoms with E-state index >= 15 is 0 Å². The van der Waals surface area contributed by atoms with Crippen molar-refractivity contribution >= 4 is 11.6 Å². The van der Waals surface area contributed by atoms with E-state index in [0.29, 0.717) is 0 Å². The summed E-state index contributed by atoms with van der Waals surface area (Å²) >= 11 is 0. The van der Waals surface area contributed by atoms with Gasteiger partial charge in [-0.25, -0.2) is 9.97 Å². The monoisotopic (exact) mass is 276 g/mol. The van der Waals surface area contributed by atoms with Crippen LogP contribution in [-0.4, -0.2) is 29.6 Å². The second kappa shape index (κ2) is 7.46. The molecule has 1 aliphatic rings. The Hall–Kier alpha value is -1.32. The molecular weight excluding hydrogens is 248 g/mol. The van der Waals surface area contributed by atoms with Crippen molar-refractivity contribution < 1.29 is 0 Å². The molecule has 1 aromatic heterocycles. The lowest BCUT2D eigenvalue weighted by Gasteiger charge is -2.33. The van der Waals surface area contributed by atoms with E-state index in [2.05, 4.69) is 41.0 Å². The maximum absolute atomic E-state index is 4.60. The molecule has 0 spiro atoms. The Balaban J connectivity index is 2.23. The van der Waals surface area contributed by atoms with Gasteiger partial charge in [-0.2, -0.15) is 0 Å². The molecule has 0 aromatic carbocycles. The minimum absolute atomic E-state index is 0.863. The van der Waals surface area contributed by atoms with Crippen molar-refractivity contribution in [2.75, 3.05) is 29.9 Å². The van der Waals surface area contributed by atoms with Crippen molar-refractivity contribution in [2.24, 2.45) is 5.92 Å². The van der Waals surface area contributed by atoms with Gasteiger partial charge >= 0.3 is 0 Å². The van der Waals surface area contributed by atoms with Crippen LogP contribution in [0.1, 0.15) is 52.0 Å². The fourth-order valence-electron chi connectivity index (χ4n) is 2.83. The standard InChI is InChI=1S/C16H28N4/c1-4-8-14-15(17-5-2)18-12-19-16(14)20(6-3)11-13-9-7-10-13/h12-13H,4-11H2,1-3H3,(H,17,18,19). The highest BCUT2D eigenvalue weighted by Crippen LogP contribution is 2.31. The first kappa shape index (κ1) is 15.1. The molecule has 1 aliphatic carbocycles. The van der Waals surface area contributed by atoms with Gasteiger partial charge in [0.2, 0.25) is 0 Å². The Morgan fingerprint density at radius 3 is 2.60 bits per heavy atom. The van der Waals surface area contributed by atoms with Gasteiger partial charge in [0.1, 0.15) is 18.0 Å². The van der Waals surface area contributed by atoms with E-state index in [9.17, 15) is 0 Å². The van der Waals surface area contributed by atoms with Gasteiger partial charge in [0.25, 0.3) is 0 Å². The van der Waals surface area contributed by atoms with Gasteiger partial charge in [-0.1, -0.05) is 19.8 Å². The molecule has 0 atom stereocenters. The maximum Gasteiger partial charge on any atom is 0.137 e. The van der Waals surface area contributed by atoms with E-state index in [1.807, 2.05) is 0 Å². The number of aromatic nitrogens is 2. The van der Waals surface area contributed by atoms with Crippen LogP contribution in [0, 0.1) is 5.92 Å². The first-order valence-electron chi connectivity index (χ1n) is 8.12. The molecule has 2 rings (SSSR count). The highest BCUT2D eigenvalue weighted by atomic mass is 15.2. The highest BCUT2D eigenvalue weighted by Gasteiger charge is 2.23. The average molecular weight is 276 g/mol. The van der Waals surface area contributed by atoms with Crippen LogP contribution in [0.25, 0.3) is 0 Å². The average Bonchev–Trinajstić information content (AvgIpc) is 2.41. The highest BCUT2D eigenvalue weighted by molar-refractivity contribution is 5.58. The molecule has 4 nitrogen and oxygen atoms in total. The summed E-state index contributed by atoms with van der Waals surface area (Å²) in [6, 6.07) is 0. The molecule has 1 heterocycles. The van der Waals surface area contributed by atoms with Crippen LogP contribution in [0.5, 0.6) is 0 Å². The molecule has 0 radical (unpaired) electrons. The van der Waals surface area contributed by atoms with Crippen molar-refractivity contribution in [1.82, 2.24) is 9.97 Å². The van der Waals surface area contributed by atoms with Crippen LogP contribution in [0.3, 0.4) is 0 Å². The first-order valence-corrected chi connectivity index (χ1v) is 8.12. The molecule has 0 aliphatic heterocycles. The lowest BCUT2D eigenvalue weighted by molar-refractivity contribution is 0.318. The molecule has 1 fully saturated rings. The summed E-state index contributed by atoms with van der Waals surface area (Å²) in [5, 5.41) is 3.38. The van der Waals surface area contributed by atoms with Gasteiger partial charge in [-0.3, -0.25) is 0 Å². The molecule has 0 saturated heterocycles. The minimum Gasteiger partial charge on any atom is -0.370 e. The summed E-state index contributed by atoms with van der Waals surface area (Å²) in [4.78, 5) is 11.5. The molecule has 20 heavy (non-hydrogen) atoms. The van der Waals surface area contributed by atoms with Crippen molar-refractivity contribution in [2.45, 2.75) is 52.9 Å². The minimum atomic E-state index is 0.863. The smallest absolute Gasteiger partial charge is 0.137 e. The van der Waals surface area contributed by atoms with Crippen LogP contribution in [0.2, 0.25) is 0 Å². The molecule has 0 bridgehead atoms. The molecular formula is C16H28N4. The fourth-order valence-corrected chi connectivity index (χ4v) is 2.83. The zero-order valence-electron chi connectivity index (χ0n) is 13.2. The van der Waals surface area contributed by atoms with Crippen molar-refractivity contribution in [3.63, 3.8) is 0 Å². The van der Waals surface area contributed by atoms with Gasteiger partial charge in [-0.05, 0) is 39.0 Å². The van der Waals surface area contributed by atoms with Crippen LogP contribution in [0.15, 0.2) is 6.33 Å². The van der Waals surface area contributed by atoms with Gasteiger partial charge in [0.05, 0.1) is 0 Å². The van der Waals surface area contributed by atoms with Gasteiger partial charge < -0.3 is 10.2 Å². The van der Waals surface area contributed by atoms with Crippen LogP contribution < -0.4 is 10.2 Å². The Labute approximate surface area is 123 Å². The van der Waals surface area contributed by atoms with Crippen LogP contribution in [0.4, 0.5) is 11.6 Å². The second-order valence-corrected chi connectivity index (χ2v) is 5.64. The quantitative estimate of drug-likeness (QED) is 0.789. The van der Waals surface area contributed by atoms with Crippen LogP contribution in [-0.2, 0) is 6.42 Å². The predicted molar refractivity (Wildman–Crippen MR) is 85.4 cm³/mol. The summed E-state index contributed by atoms with van der Waals surface area (Å²) in [5.41, 5.74) is 1.29. The maximum atomic E-state index is 4.60. The molecule has 1 N–H and O–H groups in total. The number of hydrogen-bond donors (Lipinski definition) is 1. The summed E-state index contributed by atoms with van der Waals surface area (Å²) in [7, 11) is 0. The summed E-state index contributed by atoms with van der Waals surface area (Å²) in [5.74, 6) is 3.03. The van der Waals surface area contributed by atoms with E-state index in [1.54, 1.807) is 6.33 Å².